The fourth-order valence-corrected chi connectivity index (χ4v) is 3.10. The Labute approximate surface area is 153 Å². The average molecular weight is 378 g/mol. The largest absolute Gasteiger partial charge is 0.464 e. The SMILES string of the molecule is Cc1ccc(CN(C)C(=O)CSc2nnnn2-c2ccc(Cl)cc2)o1. The Morgan fingerprint density at radius 2 is 2.04 bits per heavy atom. The zero-order chi connectivity index (χ0) is 17.8. The normalized spacial score (nSPS) is 10.8. The molecule has 2 aromatic heterocycles. The van der Waals surface area contributed by atoms with E-state index in [1.165, 1.54) is 11.8 Å². The van der Waals surface area contributed by atoms with Gasteiger partial charge in [0.05, 0.1) is 18.0 Å². The molecule has 3 aromatic rings. The van der Waals surface area contributed by atoms with Crippen molar-refractivity contribution in [2.24, 2.45) is 0 Å². The molecule has 0 spiro atoms. The van der Waals surface area contributed by atoms with Gasteiger partial charge in [-0.3, -0.25) is 4.79 Å². The molecule has 0 aliphatic heterocycles. The number of nitrogens with zero attached hydrogens (tertiary/aromatic N) is 5. The number of amides is 1. The summed E-state index contributed by atoms with van der Waals surface area (Å²) in [5.41, 5.74) is 0.781. The van der Waals surface area contributed by atoms with E-state index in [1.54, 1.807) is 28.8 Å². The topological polar surface area (TPSA) is 77.1 Å². The molecule has 0 N–H and O–H groups in total. The maximum absolute atomic E-state index is 12.3. The zero-order valence-electron chi connectivity index (χ0n) is 13.7. The molecular formula is C16H16ClN5O2S. The third-order valence-electron chi connectivity index (χ3n) is 3.45. The summed E-state index contributed by atoms with van der Waals surface area (Å²) in [5.74, 6) is 1.77. The van der Waals surface area contributed by atoms with Gasteiger partial charge in [-0.25, -0.2) is 0 Å². The number of thioether (sulfide) groups is 1. The van der Waals surface area contributed by atoms with Crippen molar-refractivity contribution in [1.82, 2.24) is 25.1 Å². The molecule has 9 heteroatoms. The van der Waals surface area contributed by atoms with Crippen LogP contribution < -0.4 is 0 Å². The van der Waals surface area contributed by atoms with Crippen LogP contribution in [-0.4, -0.2) is 43.8 Å². The average Bonchev–Trinajstić information content (AvgIpc) is 3.22. The van der Waals surface area contributed by atoms with Gasteiger partial charge in [-0.05, 0) is 53.7 Å². The smallest absolute Gasteiger partial charge is 0.233 e. The van der Waals surface area contributed by atoms with Gasteiger partial charge in [0.25, 0.3) is 0 Å². The zero-order valence-corrected chi connectivity index (χ0v) is 15.3. The lowest BCUT2D eigenvalue weighted by molar-refractivity contribution is -0.127. The summed E-state index contributed by atoms with van der Waals surface area (Å²) in [6.45, 7) is 2.30. The van der Waals surface area contributed by atoms with Crippen LogP contribution in [0.5, 0.6) is 0 Å². The van der Waals surface area contributed by atoms with E-state index in [2.05, 4.69) is 15.5 Å². The van der Waals surface area contributed by atoms with Crippen molar-refractivity contribution in [3.63, 3.8) is 0 Å². The summed E-state index contributed by atoms with van der Waals surface area (Å²) in [4.78, 5) is 13.9. The monoisotopic (exact) mass is 377 g/mol. The first-order valence-electron chi connectivity index (χ1n) is 7.49. The Morgan fingerprint density at radius 1 is 1.28 bits per heavy atom. The van der Waals surface area contributed by atoms with Gasteiger partial charge in [-0.2, -0.15) is 4.68 Å². The number of hydrogen-bond acceptors (Lipinski definition) is 6. The maximum atomic E-state index is 12.3. The highest BCUT2D eigenvalue weighted by Crippen LogP contribution is 2.20. The summed E-state index contributed by atoms with van der Waals surface area (Å²) in [6, 6.07) is 10.9. The first-order chi connectivity index (χ1) is 12.0. The van der Waals surface area contributed by atoms with Crippen molar-refractivity contribution in [2.75, 3.05) is 12.8 Å². The Morgan fingerprint density at radius 3 is 2.72 bits per heavy atom. The molecule has 0 aliphatic rings. The van der Waals surface area contributed by atoms with Gasteiger partial charge in [0.2, 0.25) is 11.1 Å². The number of aromatic nitrogens is 4. The molecule has 0 unspecified atom stereocenters. The second kappa shape index (κ2) is 7.71. The number of carbonyl (C=O) groups excluding carboxylic acids is 1. The highest BCUT2D eigenvalue weighted by Gasteiger charge is 2.15. The number of tetrazole rings is 1. The molecule has 0 bridgehead atoms. The van der Waals surface area contributed by atoms with Crippen LogP contribution in [0.3, 0.4) is 0 Å². The van der Waals surface area contributed by atoms with Crippen molar-refractivity contribution in [1.29, 1.82) is 0 Å². The summed E-state index contributed by atoms with van der Waals surface area (Å²) >= 11 is 7.17. The van der Waals surface area contributed by atoms with E-state index < -0.39 is 0 Å². The molecule has 0 saturated carbocycles. The molecule has 25 heavy (non-hydrogen) atoms. The van der Waals surface area contributed by atoms with Gasteiger partial charge < -0.3 is 9.32 Å². The number of aryl methyl sites for hydroxylation is 1. The summed E-state index contributed by atoms with van der Waals surface area (Å²) in [6.07, 6.45) is 0. The van der Waals surface area contributed by atoms with Crippen LogP contribution in [0.15, 0.2) is 46.0 Å². The van der Waals surface area contributed by atoms with Crippen LogP contribution in [0.2, 0.25) is 5.02 Å². The molecule has 2 heterocycles. The highest BCUT2D eigenvalue weighted by molar-refractivity contribution is 7.99. The van der Waals surface area contributed by atoms with Crippen molar-refractivity contribution >= 4 is 29.3 Å². The lowest BCUT2D eigenvalue weighted by Gasteiger charge is -2.15. The first kappa shape index (κ1) is 17.5. The van der Waals surface area contributed by atoms with E-state index in [-0.39, 0.29) is 11.7 Å². The minimum absolute atomic E-state index is 0.0373. The lowest BCUT2D eigenvalue weighted by atomic mass is 10.3. The van der Waals surface area contributed by atoms with Crippen LogP contribution in [0.1, 0.15) is 11.5 Å². The molecule has 1 amide bonds. The summed E-state index contributed by atoms with van der Waals surface area (Å²) in [7, 11) is 1.74. The van der Waals surface area contributed by atoms with Gasteiger partial charge in [-0.1, -0.05) is 23.4 Å². The molecule has 0 saturated heterocycles. The van der Waals surface area contributed by atoms with Crippen LogP contribution in [-0.2, 0) is 11.3 Å². The Balaban J connectivity index is 1.61. The molecule has 0 radical (unpaired) electrons. The second-order valence-corrected chi connectivity index (χ2v) is 6.78. The minimum Gasteiger partial charge on any atom is -0.464 e. The maximum Gasteiger partial charge on any atom is 0.233 e. The van der Waals surface area contributed by atoms with Crippen LogP contribution >= 0.6 is 23.4 Å². The Hall–Kier alpha value is -2.32. The summed E-state index contributed by atoms with van der Waals surface area (Å²) in [5, 5.41) is 12.8. The Kier molecular flexibility index (Phi) is 5.40. The van der Waals surface area contributed by atoms with Gasteiger partial charge in [0, 0.05) is 12.1 Å². The van der Waals surface area contributed by atoms with Gasteiger partial charge >= 0.3 is 0 Å². The molecular weight excluding hydrogens is 362 g/mol. The number of carbonyl (C=O) groups is 1. The van der Waals surface area contributed by atoms with Crippen molar-refractivity contribution in [2.45, 2.75) is 18.6 Å². The van der Waals surface area contributed by atoms with E-state index in [9.17, 15) is 4.79 Å². The predicted octanol–water partition coefficient (Wildman–Crippen LogP) is 2.97. The number of halogens is 1. The van der Waals surface area contributed by atoms with Crippen LogP contribution in [0, 0.1) is 6.92 Å². The number of furan rings is 1. The van der Waals surface area contributed by atoms with Crippen molar-refractivity contribution in [3.8, 4) is 5.69 Å². The quantitative estimate of drug-likeness (QED) is 0.614. The van der Waals surface area contributed by atoms with E-state index in [1.807, 2.05) is 31.2 Å². The van der Waals surface area contributed by atoms with E-state index in [0.29, 0.717) is 16.7 Å². The van der Waals surface area contributed by atoms with Gasteiger partial charge in [0.15, 0.2) is 0 Å². The molecule has 7 nitrogen and oxygen atoms in total. The fourth-order valence-electron chi connectivity index (χ4n) is 2.14. The van der Waals surface area contributed by atoms with Gasteiger partial charge in [0.1, 0.15) is 11.5 Å². The third kappa shape index (κ3) is 4.40. The fraction of sp³-hybridized carbons (Fsp3) is 0.250. The van der Waals surface area contributed by atoms with Crippen molar-refractivity contribution in [3.05, 3.63) is 52.9 Å². The molecule has 0 aliphatic carbocycles. The molecule has 0 fully saturated rings. The summed E-state index contributed by atoms with van der Waals surface area (Å²) < 4.78 is 7.07. The number of hydrogen-bond donors (Lipinski definition) is 0. The molecule has 130 valence electrons. The first-order valence-corrected chi connectivity index (χ1v) is 8.85. The van der Waals surface area contributed by atoms with E-state index in [0.717, 1.165) is 17.2 Å². The number of rotatable bonds is 6. The highest BCUT2D eigenvalue weighted by atomic mass is 35.5. The number of benzene rings is 1. The standard InChI is InChI=1S/C16H16ClN5O2S/c1-11-3-8-14(24-11)9-21(2)15(23)10-25-16-18-19-20-22(16)13-6-4-12(17)5-7-13/h3-8H,9-10H2,1-2H3. The lowest BCUT2D eigenvalue weighted by Crippen LogP contribution is -2.27. The second-order valence-electron chi connectivity index (χ2n) is 5.40. The molecule has 3 rings (SSSR count). The van der Waals surface area contributed by atoms with E-state index in [4.69, 9.17) is 16.0 Å². The predicted molar refractivity (Wildman–Crippen MR) is 94.8 cm³/mol. The minimum atomic E-state index is -0.0373. The molecule has 1 aromatic carbocycles. The van der Waals surface area contributed by atoms with Crippen molar-refractivity contribution < 1.29 is 9.21 Å². The van der Waals surface area contributed by atoms with E-state index >= 15 is 0 Å². The van der Waals surface area contributed by atoms with Crippen LogP contribution in [0.25, 0.3) is 5.69 Å². The Bertz CT molecular complexity index is 862. The van der Waals surface area contributed by atoms with Crippen LogP contribution in [0.4, 0.5) is 0 Å². The van der Waals surface area contributed by atoms with Gasteiger partial charge in [-0.15, -0.1) is 5.10 Å². The molecule has 0 atom stereocenters. The third-order valence-corrected chi connectivity index (χ3v) is 4.61.